The number of esters is 2. The van der Waals surface area contributed by atoms with Gasteiger partial charge in [0.2, 0.25) is 5.01 Å². The summed E-state index contributed by atoms with van der Waals surface area (Å²) in [5.74, 6) is -1.08. The van der Waals surface area contributed by atoms with E-state index in [0.717, 1.165) is 11.3 Å². The summed E-state index contributed by atoms with van der Waals surface area (Å²) in [5, 5.41) is 0.187. The molecule has 0 fully saturated rings. The third kappa shape index (κ3) is 4.95. The molecule has 0 bridgehead atoms. The summed E-state index contributed by atoms with van der Waals surface area (Å²) in [4.78, 5) is 28.0. The van der Waals surface area contributed by atoms with E-state index in [2.05, 4.69) is 11.6 Å². The number of hydrogen-bond acceptors (Lipinski definition) is 7. The fraction of sp³-hybridized carbons (Fsp3) is 0.500. The maximum Gasteiger partial charge on any atom is 0.367 e. The second-order valence-corrected chi connectivity index (χ2v) is 6.36. The number of ether oxygens (including phenoxy) is 2. The summed E-state index contributed by atoms with van der Waals surface area (Å²) < 4.78 is 10.1. The van der Waals surface area contributed by atoms with Crippen LogP contribution in [0, 0.1) is 0 Å². The highest BCUT2D eigenvalue weighted by Crippen LogP contribution is 2.26. The van der Waals surface area contributed by atoms with Gasteiger partial charge in [0.05, 0.1) is 18.2 Å². The van der Waals surface area contributed by atoms with Gasteiger partial charge in [-0.3, -0.25) is 0 Å². The first-order valence-corrected chi connectivity index (χ1v) is 7.28. The van der Waals surface area contributed by atoms with Crippen molar-refractivity contribution in [2.45, 2.75) is 39.3 Å². The molecule has 7 heteroatoms. The molecule has 1 atom stereocenters. The van der Waals surface area contributed by atoms with Crippen LogP contribution in [-0.4, -0.2) is 29.1 Å². The van der Waals surface area contributed by atoms with Crippen molar-refractivity contribution in [1.29, 1.82) is 0 Å². The first-order chi connectivity index (χ1) is 9.65. The number of nitrogens with two attached hydrogens (primary N) is 1. The average Bonchev–Trinajstić information content (AvgIpc) is 2.84. The minimum atomic E-state index is -0.752. The molecule has 0 saturated heterocycles. The summed E-state index contributed by atoms with van der Waals surface area (Å²) in [7, 11) is 0. The van der Waals surface area contributed by atoms with E-state index in [1.165, 1.54) is 6.20 Å². The zero-order valence-electron chi connectivity index (χ0n) is 12.6. The van der Waals surface area contributed by atoms with Crippen LogP contribution in [0.2, 0.25) is 0 Å². The molecule has 1 aromatic heterocycles. The minimum Gasteiger partial charge on any atom is -0.463 e. The van der Waals surface area contributed by atoms with Gasteiger partial charge in [0.25, 0.3) is 0 Å². The Morgan fingerprint density at radius 1 is 1.48 bits per heavy atom. The van der Waals surface area contributed by atoms with Gasteiger partial charge in [0, 0.05) is 11.1 Å². The smallest absolute Gasteiger partial charge is 0.367 e. The third-order valence-corrected chi connectivity index (χ3v) is 3.38. The van der Waals surface area contributed by atoms with E-state index >= 15 is 0 Å². The van der Waals surface area contributed by atoms with Crippen molar-refractivity contribution < 1.29 is 19.1 Å². The maximum atomic E-state index is 11.9. The molecule has 0 saturated carbocycles. The normalized spacial score (nSPS) is 12.6. The lowest BCUT2D eigenvalue weighted by Gasteiger charge is -2.18. The van der Waals surface area contributed by atoms with Gasteiger partial charge in [-0.15, -0.1) is 11.3 Å². The molecule has 0 aliphatic heterocycles. The number of rotatable bonds is 5. The van der Waals surface area contributed by atoms with Crippen LogP contribution in [0.3, 0.4) is 0 Å². The molecule has 116 valence electrons. The molecule has 1 heterocycles. The Kier molecular flexibility index (Phi) is 5.62. The Labute approximate surface area is 128 Å². The van der Waals surface area contributed by atoms with E-state index in [0.29, 0.717) is 4.88 Å². The number of carbonyl (C=O) groups is 2. The third-order valence-electron chi connectivity index (χ3n) is 2.32. The Bertz CT molecular complexity index is 545. The fourth-order valence-electron chi connectivity index (χ4n) is 1.37. The SMILES string of the molecule is C=C(C(=O)OCC)C(N)c1cnc(C(=O)OC(C)(C)C)s1. The van der Waals surface area contributed by atoms with Crippen LogP contribution in [0.4, 0.5) is 0 Å². The zero-order chi connectivity index (χ0) is 16.2. The molecule has 2 N–H and O–H groups in total. The van der Waals surface area contributed by atoms with Crippen molar-refractivity contribution in [2.75, 3.05) is 6.61 Å². The number of aromatic nitrogens is 1. The molecule has 21 heavy (non-hydrogen) atoms. The molecular formula is C14H20N2O4S. The van der Waals surface area contributed by atoms with E-state index in [4.69, 9.17) is 15.2 Å². The van der Waals surface area contributed by atoms with E-state index in [1.807, 2.05) is 0 Å². The van der Waals surface area contributed by atoms with Crippen LogP contribution in [0.15, 0.2) is 18.3 Å². The monoisotopic (exact) mass is 312 g/mol. The average molecular weight is 312 g/mol. The van der Waals surface area contributed by atoms with Crippen molar-refractivity contribution >= 4 is 23.3 Å². The van der Waals surface area contributed by atoms with E-state index in [9.17, 15) is 9.59 Å². The molecule has 0 radical (unpaired) electrons. The van der Waals surface area contributed by atoms with E-state index < -0.39 is 23.6 Å². The van der Waals surface area contributed by atoms with Gasteiger partial charge in [-0.1, -0.05) is 6.58 Å². The predicted octanol–water partition coefficient (Wildman–Crippen LogP) is 2.22. The summed E-state index contributed by atoms with van der Waals surface area (Å²) in [6.45, 7) is 10.9. The second kappa shape index (κ2) is 6.82. The van der Waals surface area contributed by atoms with Gasteiger partial charge in [-0.25, -0.2) is 14.6 Å². The van der Waals surface area contributed by atoms with Crippen molar-refractivity contribution in [3.05, 3.63) is 28.2 Å². The van der Waals surface area contributed by atoms with Crippen molar-refractivity contribution in [3.63, 3.8) is 0 Å². The lowest BCUT2D eigenvalue weighted by Crippen LogP contribution is -2.23. The second-order valence-electron chi connectivity index (χ2n) is 5.29. The Hall–Kier alpha value is -1.73. The van der Waals surface area contributed by atoms with Crippen molar-refractivity contribution in [3.8, 4) is 0 Å². The lowest BCUT2D eigenvalue weighted by atomic mass is 10.1. The van der Waals surface area contributed by atoms with E-state index in [-0.39, 0.29) is 17.2 Å². The molecule has 0 spiro atoms. The first-order valence-electron chi connectivity index (χ1n) is 6.46. The largest absolute Gasteiger partial charge is 0.463 e. The molecule has 0 amide bonds. The molecule has 1 rings (SSSR count). The van der Waals surface area contributed by atoms with E-state index in [1.54, 1.807) is 27.7 Å². The topological polar surface area (TPSA) is 91.5 Å². The van der Waals surface area contributed by atoms with Crippen molar-refractivity contribution in [1.82, 2.24) is 4.98 Å². The molecule has 0 aromatic carbocycles. The highest BCUT2D eigenvalue weighted by molar-refractivity contribution is 7.13. The molecule has 0 aliphatic carbocycles. The zero-order valence-corrected chi connectivity index (χ0v) is 13.5. The number of carbonyl (C=O) groups excluding carboxylic acids is 2. The first kappa shape index (κ1) is 17.3. The van der Waals surface area contributed by atoms with Crippen LogP contribution in [0.1, 0.15) is 48.4 Å². The Morgan fingerprint density at radius 3 is 2.62 bits per heavy atom. The van der Waals surface area contributed by atoms with Crippen molar-refractivity contribution in [2.24, 2.45) is 5.73 Å². The Balaban J connectivity index is 2.81. The summed E-state index contributed by atoms with van der Waals surface area (Å²) in [5.41, 5.74) is 5.45. The Morgan fingerprint density at radius 2 is 2.10 bits per heavy atom. The van der Waals surface area contributed by atoms with Gasteiger partial charge in [0.15, 0.2) is 0 Å². The predicted molar refractivity (Wildman–Crippen MR) is 80.0 cm³/mol. The van der Waals surface area contributed by atoms with Crippen LogP contribution >= 0.6 is 11.3 Å². The number of nitrogens with zero attached hydrogens (tertiary/aromatic N) is 1. The molecule has 0 aliphatic rings. The van der Waals surface area contributed by atoms with Crippen LogP contribution in [-0.2, 0) is 14.3 Å². The maximum absolute atomic E-state index is 11.9. The van der Waals surface area contributed by atoms with Crippen LogP contribution in [0.25, 0.3) is 0 Å². The summed E-state index contributed by atoms with van der Waals surface area (Å²) in [6.07, 6.45) is 1.44. The molecule has 1 aromatic rings. The molecule has 1 unspecified atom stereocenters. The number of thiazole rings is 1. The quantitative estimate of drug-likeness (QED) is 0.662. The molecule has 6 nitrogen and oxygen atoms in total. The standard InChI is InChI=1S/C14H20N2O4S/c1-6-19-12(17)8(2)10(15)9-7-16-11(21-9)13(18)20-14(3,4)5/h7,10H,2,6,15H2,1,3-5H3. The van der Waals surface area contributed by atoms with Gasteiger partial charge in [-0.2, -0.15) is 0 Å². The summed E-state index contributed by atoms with van der Waals surface area (Å²) >= 11 is 1.07. The number of hydrogen-bond donors (Lipinski definition) is 1. The fourth-order valence-corrected chi connectivity index (χ4v) is 2.20. The highest BCUT2D eigenvalue weighted by atomic mass is 32.1. The van der Waals surface area contributed by atoms with Gasteiger partial charge in [0.1, 0.15) is 5.60 Å². The van der Waals surface area contributed by atoms with Gasteiger partial charge >= 0.3 is 11.9 Å². The van der Waals surface area contributed by atoms with Crippen LogP contribution < -0.4 is 5.73 Å². The van der Waals surface area contributed by atoms with Gasteiger partial charge < -0.3 is 15.2 Å². The lowest BCUT2D eigenvalue weighted by molar-refractivity contribution is -0.138. The highest BCUT2D eigenvalue weighted by Gasteiger charge is 2.24. The summed E-state index contributed by atoms with van der Waals surface area (Å²) in [6, 6.07) is -0.752. The molecular weight excluding hydrogens is 292 g/mol. The van der Waals surface area contributed by atoms with Gasteiger partial charge in [-0.05, 0) is 27.7 Å². The minimum absolute atomic E-state index is 0.122. The van der Waals surface area contributed by atoms with Crippen LogP contribution in [0.5, 0.6) is 0 Å².